The Morgan fingerprint density at radius 2 is 1.94 bits per heavy atom. The molecule has 0 amide bonds. The highest BCUT2D eigenvalue weighted by molar-refractivity contribution is 5.78. The molecule has 36 heavy (non-hydrogen) atoms. The first-order chi connectivity index (χ1) is 16.9. The van der Waals surface area contributed by atoms with Crippen molar-refractivity contribution in [2.45, 2.75) is 86.5 Å². The van der Waals surface area contributed by atoms with Crippen molar-refractivity contribution in [2.24, 2.45) is 50.7 Å². The van der Waals surface area contributed by atoms with Gasteiger partial charge in [-0.15, -0.1) is 0 Å². The topological polar surface area (TPSA) is 76.4 Å². The summed E-state index contributed by atoms with van der Waals surface area (Å²) in [7, 11) is 1.54. The van der Waals surface area contributed by atoms with Crippen molar-refractivity contribution in [3.63, 3.8) is 0 Å². The van der Waals surface area contributed by atoms with Crippen LogP contribution in [0.3, 0.4) is 0 Å². The Morgan fingerprint density at radius 3 is 2.58 bits per heavy atom. The molecule has 196 valence electrons. The van der Waals surface area contributed by atoms with Gasteiger partial charge >= 0.3 is 5.97 Å². The van der Waals surface area contributed by atoms with Crippen LogP contribution in [0.2, 0.25) is 0 Å². The Balaban J connectivity index is 1.68. The molecule has 9 atom stereocenters. The fourth-order valence-corrected chi connectivity index (χ4v) is 10.0. The van der Waals surface area contributed by atoms with Gasteiger partial charge in [0.1, 0.15) is 12.9 Å². The van der Waals surface area contributed by atoms with Crippen LogP contribution in [-0.2, 0) is 19.1 Å². The molecule has 1 heterocycles. The van der Waals surface area contributed by atoms with E-state index < -0.39 is 16.2 Å². The summed E-state index contributed by atoms with van der Waals surface area (Å²) in [6.07, 6.45) is 9.24. The molecule has 0 saturated heterocycles. The molecule has 0 radical (unpaired) electrons. The summed E-state index contributed by atoms with van der Waals surface area (Å²) < 4.78 is 11.8. The number of allylic oxidation sites excluding steroid dienone is 3. The Labute approximate surface area is 216 Å². The molecule has 2 saturated carbocycles. The predicted molar refractivity (Wildman–Crippen MR) is 137 cm³/mol. The highest BCUT2D eigenvalue weighted by Crippen LogP contribution is 2.75. The zero-order valence-corrected chi connectivity index (χ0v) is 23.2. The highest BCUT2D eigenvalue weighted by Gasteiger charge is 2.69. The Morgan fingerprint density at radius 1 is 1.22 bits per heavy atom. The number of hydrogen-bond donors (Lipinski definition) is 0. The van der Waals surface area contributed by atoms with Gasteiger partial charge in [0.2, 0.25) is 0 Å². The van der Waals surface area contributed by atoms with E-state index in [2.05, 4.69) is 46.8 Å². The second-order valence-corrected chi connectivity index (χ2v) is 13.7. The molecule has 4 aliphatic carbocycles. The van der Waals surface area contributed by atoms with Crippen molar-refractivity contribution in [3.8, 4) is 6.07 Å². The van der Waals surface area contributed by atoms with Gasteiger partial charge in [-0.3, -0.25) is 4.79 Å². The van der Waals surface area contributed by atoms with E-state index in [4.69, 9.17) is 9.47 Å². The third-order valence-corrected chi connectivity index (χ3v) is 12.3. The fraction of sp³-hybridized carbons (Fsp3) is 0.774. The Bertz CT molecular complexity index is 1100. The molecule has 5 rings (SSSR count). The SMILES string of the molecule is COC(=O)[C@]12CC[C@@H](C)[C@H](C)[C@H]1C1=CC[C@@H]3[C@@](C)(CC#N)C4=C(C[C@@]3(C)[C@]1(C)CC2)OC[C@]4(C)C=O. The Hall–Kier alpha value is -2.09. The summed E-state index contributed by atoms with van der Waals surface area (Å²) in [5.41, 5.74) is 0.694. The summed E-state index contributed by atoms with van der Waals surface area (Å²) in [5, 5.41) is 9.99. The molecule has 5 heteroatoms. The molecule has 5 nitrogen and oxygen atoms in total. The lowest BCUT2D eigenvalue weighted by Gasteiger charge is -2.67. The quantitative estimate of drug-likeness (QED) is 0.258. The number of nitriles is 1. The average molecular weight is 494 g/mol. The van der Waals surface area contributed by atoms with E-state index in [0.717, 1.165) is 56.1 Å². The number of carbonyl (C=O) groups excluding carboxylic acids is 2. The zero-order chi connectivity index (χ0) is 26.3. The number of esters is 1. The number of nitrogens with zero attached hydrogens (tertiary/aromatic N) is 1. The van der Waals surface area contributed by atoms with Gasteiger partial charge in [0.15, 0.2) is 0 Å². The summed E-state index contributed by atoms with van der Waals surface area (Å²) in [6, 6.07) is 2.49. The van der Waals surface area contributed by atoms with E-state index in [-0.39, 0.29) is 28.6 Å². The summed E-state index contributed by atoms with van der Waals surface area (Å²) >= 11 is 0. The third-order valence-electron chi connectivity index (χ3n) is 12.3. The summed E-state index contributed by atoms with van der Waals surface area (Å²) in [5.74, 6) is 2.25. The summed E-state index contributed by atoms with van der Waals surface area (Å²) in [4.78, 5) is 25.7. The maximum Gasteiger partial charge on any atom is 0.312 e. The van der Waals surface area contributed by atoms with Gasteiger partial charge in [-0.2, -0.15) is 5.26 Å². The number of hydrogen-bond acceptors (Lipinski definition) is 5. The molecule has 0 bridgehead atoms. The number of aldehydes is 1. The lowest BCUT2D eigenvalue weighted by Crippen LogP contribution is -2.62. The van der Waals surface area contributed by atoms with Gasteiger partial charge in [-0.25, -0.2) is 0 Å². The second kappa shape index (κ2) is 7.95. The molecular weight excluding hydrogens is 450 g/mol. The fourth-order valence-electron chi connectivity index (χ4n) is 10.0. The molecule has 0 aromatic carbocycles. The maximum atomic E-state index is 13.4. The van der Waals surface area contributed by atoms with Gasteiger partial charge in [0.25, 0.3) is 0 Å². The second-order valence-electron chi connectivity index (χ2n) is 13.7. The number of fused-ring (bicyclic) bond motifs is 5. The van der Waals surface area contributed by atoms with Crippen LogP contribution in [0.25, 0.3) is 0 Å². The predicted octanol–water partition coefficient (Wildman–Crippen LogP) is 6.39. The molecule has 0 spiro atoms. The van der Waals surface area contributed by atoms with E-state index >= 15 is 0 Å². The number of rotatable bonds is 3. The monoisotopic (exact) mass is 493 g/mol. The maximum absolute atomic E-state index is 13.4. The van der Waals surface area contributed by atoms with Gasteiger partial charge in [-0.1, -0.05) is 46.3 Å². The van der Waals surface area contributed by atoms with Crippen LogP contribution < -0.4 is 0 Å². The molecule has 0 N–H and O–H groups in total. The lowest BCUT2D eigenvalue weighted by atomic mass is 9.36. The van der Waals surface area contributed by atoms with E-state index in [9.17, 15) is 14.9 Å². The lowest BCUT2D eigenvalue weighted by molar-refractivity contribution is -0.171. The third kappa shape index (κ3) is 2.88. The first-order valence-electron chi connectivity index (χ1n) is 13.9. The van der Waals surface area contributed by atoms with Crippen LogP contribution in [0.15, 0.2) is 23.0 Å². The average Bonchev–Trinajstić information content (AvgIpc) is 3.18. The number of carbonyl (C=O) groups is 2. The molecule has 5 aliphatic rings. The van der Waals surface area contributed by atoms with Crippen LogP contribution in [0, 0.1) is 62.1 Å². The van der Waals surface area contributed by atoms with Crippen LogP contribution >= 0.6 is 0 Å². The van der Waals surface area contributed by atoms with Gasteiger partial charge < -0.3 is 14.3 Å². The van der Waals surface area contributed by atoms with Crippen molar-refractivity contribution >= 4 is 12.3 Å². The van der Waals surface area contributed by atoms with Gasteiger partial charge in [-0.05, 0) is 79.1 Å². The molecule has 0 aromatic rings. The van der Waals surface area contributed by atoms with E-state index in [1.54, 1.807) is 7.11 Å². The minimum atomic E-state index is -0.674. The highest BCUT2D eigenvalue weighted by atomic mass is 16.5. The molecular formula is C31H43NO4. The first-order valence-corrected chi connectivity index (χ1v) is 13.9. The minimum absolute atomic E-state index is 0.0368. The first kappa shape index (κ1) is 25.6. The smallest absolute Gasteiger partial charge is 0.312 e. The molecule has 0 aromatic heterocycles. The standard InChI is InChI=1S/C31H43NO4/c1-19-10-11-31(26(34)35-7)13-12-29(5)21(24(31)20(19)2)8-9-23-28(4,14-15-32)25-22(16-30(23,29)6)36-18-27(25,3)17-33/h8,17,19-20,23-24H,9-14,16,18H2,1-7H3/t19-,20+,23-,24+,27+,28-,29-,30-,31+/m1/s1. The van der Waals surface area contributed by atoms with E-state index in [1.807, 2.05) is 6.92 Å². The van der Waals surface area contributed by atoms with Crippen molar-refractivity contribution < 1.29 is 19.1 Å². The van der Waals surface area contributed by atoms with Crippen molar-refractivity contribution in [2.75, 3.05) is 13.7 Å². The van der Waals surface area contributed by atoms with Crippen LogP contribution in [0.1, 0.15) is 86.5 Å². The largest absolute Gasteiger partial charge is 0.497 e. The normalized spacial score (nSPS) is 49.3. The van der Waals surface area contributed by atoms with Gasteiger partial charge in [0.05, 0.1) is 29.8 Å². The van der Waals surface area contributed by atoms with Crippen molar-refractivity contribution in [3.05, 3.63) is 23.0 Å². The number of methoxy groups -OCH3 is 1. The van der Waals surface area contributed by atoms with Crippen LogP contribution in [0.5, 0.6) is 0 Å². The summed E-state index contributed by atoms with van der Waals surface area (Å²) in [6.45, 7) is 14.0. The van der Waals surface area contributed by atoms with Crippen LogP contribution in [0.4, 0.5) is 0 Å². The van der Waals surface area contributed by atoms with Crippen LogP contribution in [-0.4, -0.2) is 26.0 Å². The Kier molecular flexibility index (Phi) is 5.65. The van der Waals surface area contributed by atoms with Crippen molar-refractivity contribution in [1.29, 1.82) is 5.26 Å². The minimum Gasteiger partial charge on any atom is -0.497 e. The number of ether oxygens (including phenoxy) is 2. The molecule has 1 aliphatic heterocycles. The molecule has 0 unspecified atom stereocenters. The van der Waals surface area contributed by atoms with E-state index in [0.29, 0.717) is 24.9 Å². The van der Waals surface area contributed by atoms with Crippen molar-refractivity contribution in [1.82, 2.24) is 0 Å². The molecule has 2 fully saturated rings. The van der Waals surface area contributed by atoms with E-state index in [1.165, 1.54) is 5.57 Å². The van der Waals surface area contributed by atoms with Gasteiger partial charge in [0, 0.05) is 18.3 Å². The zero-order valence-electron chi connectivity index (χ0n) is 23.2.